The molecule has 2 fully saturated rings. The van der Waals surface area contributed by atoms with Gasteiger partial charge in [0.2, 0.25) is 0 Å². The highest BCUT2D eigenvalue weighted by atomic mass is 16.1. The van der Waals surface area contributed by atoms with Crippen LogP contribution in [0, 0.1) is 11.3 Å². The number of nitrogens with zero attached hydrogens (tertiary/aromatic N) is 2. The van der Waals surface area contributed by atoms with Crippen molar-refractivity contribution in [3.05, 3.63) is 0 Å². The summed E-state index contributed by atoms with van der Waals surface area (Å²) >= 11 is 0. The van der Waals surface area contributed by atoms with Crippen LogP contribution in [0.1, 0.15) is 47.0 Å². The minimum atomic E-state index is -0.0905. The molecule has 0 aromatic rings. The molecular weight excluding hydrogens is 236 g/mol. The topological polar surface area (TPSA) is 23.6 Å². The van der Waals surface area contributed by atoms with Gasteiger partial charge in [-0.05, 0) is 33.7 Å². The molecule has 1 heterocycles. The summed E-state index contributed by atoms with van der Waals surface area (Å²) in [6, 6.07) is 1.19. The molecule has 3 atom stereocenters. The van der Waals surface area contributed by atoms with Gasteiger partial charge in [0, 0.05) is 43.1 Å². The quantitative estimate of drug-likeness (QED) is 0.767. The van der Waals surface area contributed by atoms with Crippen LogP contribution in [0.4, 0.5) is 0 Å². The SMILES string of the molecule is CC1CN(CC2CCCC(C)(C)C2=O)CC(C)N1C. The summed E-state index contributed by atoms with van der Waals surface area (Å²) in [5.74, 6) is 0.768. The zero-order valence-corrected chi connectivity index (χ0v) is 13.3. The molecule has 0 radical (unpaired) electrons. The zero-order chi connectivity index (χ0) is 14.2. The van der Waals surface area contributed by atoms with E-state index in [1.807, 2.05) is 0 Å². The third-order valence-electron chi connectivity index (χ3n) is 5.31. The van der Waals surface area contributed by atoms with Gasteiger partial charge in [-0.3, -0.25) is 14.6 Å². The number of piperazine rings is 1. The summed E-state index contributed by atoms with van der Waals surface area (Å²) in [7, 11) is 2.21. The van der Waals surface area contributed by atoms with E-state index in [9.17, 15) is 4.79 Å². The maximum atomic E-state index is 12.5. The van der Waals surface area contributed by atoms with Crippen LogP contribution in [0.3, 0.4) is 0 Å². The predicted octanol–water partition coefficient (Wildman–Crippen LogP) is 2.41. The molecule has 0 aromatic heterocycles. The predicted molar refractivity (Wildman–Crippen MR) is 79.3 cm³/mol. The second kappa shape index (κ2) is 5.53. The average Bonchev–Trinajstić information content (AvgIpc) is 2.32. The average molecular weight is 266 g/mol. The standard InChI is InChI=1S/C16H30N2O/c1-12-9-18(10-13(2)17(12)5)11-14-7-6-8-16(3,4)15(14)19/h12-14H,6-11H2,1-5H3. The van der Waals surface area contributed by atoms with Crippen LogP contribution >= 0.6 is 0 Å². The van der Waals surface area contributed by atoms with Crippen molar-refractivity contribution in [1.82, 2.24) is 9.80 Å². The molecule has 0 N–H and O–H groups in total. The van der Waals surface area contributed by atoms with Crippen molar-refractivity contribution in [3.8, 4) is 0 Å². The second-order valence-corrected chi connectivity index (χ2v) is 7.42. The number of carbonyl (C=O) groups is 1. The molecular formula is C16H30N2O. The molecule has 0 amide bonds. The number of hydrogen-bond donors (Lipinski definition) is 0. The van der Waals surface area contributed by atoms with Gasteiger partial charge in [-0.15, -0.1) is 0 Å². The van der Waals surface area contributed by atoms with Gasteiger partial charge in [0.05, 0.1) is 0 Å². The van der Waals surface area contributed by atoms with Crippen molar-refractivity contribution >= 4 is 5.78 Å². The molecule has 3 nitrogen and oxygen atoms in total. The van der Waals surface area contributed by atoms with Gasteiger partial charge in [-0.1, -0.05) is 20.3 Å². The van der Waals surface area contributed by atoms with E-state index < -0.39 is 0 Å². The van der Waals surface area contributed by atoms with Gasteiger partial charge >= 0.3 is 0 Å². The van der Waals surface area contributed by atoms with E-state index >= 15 is 0 Å². The molecule has 1 aliphatic heterocycles. The van der Waals surface area contributed by atoms with E-state index in [2.05, 4.69) is 44.5 Å². The van der Waals surface area contributed by atoms with E-state index in [1.54, 1.807) is 0 Å². The van der Waals surface area contributed by atoms with E-state index in [-0.39, 0.29) is 11.3 Å². The summed E-state index contributed by atoms with van der Waals surface area (Å²) in [6.07, 6.45) is 3.37. The number of Topliss-reactive ketones (excluding diaryl/α,β-unsaturated/α-hetero) is 1. The molecule has 110 valence electrons. The number of carbonyl (C=O) groups excluding carboxylic acids is 1. The first kappa shape index (κ1) is 15.0. The number of likely N-dealkylation sites (N-methyl/N-ethyl adjacent to an activating group) is 1. The maximum Gasteiger partial charge on any atom is 0.142 e. The molecule has 0 spiro atoms. The largest absolute Gasteiger partial charge is 0.300 e. The molecule has 19 heavy (non-hydrogen) atoms. The first-order valence-corrected chi connectivity index (χ1v) is 7.80. The Hall–Kier alpha value is -0.410. The Morgan fingerprint density at radius 1 is 1.21 bits per heavy atom. The molecule has 3 unspecified atom stereocenters. The lowest BCUT2D eigenvalue weighted by atomic mass is 9.71. The van der Waals surface area contributed by atoms with Gasteiger partial charge in [0.25, 0.3) is 0 Å². The molecule has 2 rings (SSSR count). The summed E-state index contributed by atoms with van der Waals surface area (Å²) < 4.78 is 0. The van der Waals surface area contributed by atoms with Crippen molar-refractivity contribution in [2.45, 2.75) is 59.0 Å². The minimum Gasteiger partial charge on any atom is -0.300 e. The van der Waals surface area contributed by atoms with Gasteiger partial charge in [0.15, 0.2) is 0 Å². The third-order valence-corrected chi connectivity index (χ3v) is 5.31. The fourth-order valence-corrected chi connectivity index (χ4v) is 3.75. The van der Waals surface area contributed by atoms with Crippen molar-refractivity contribution in [3.63, 3.8) is 0 Å². The number of ketones is 1. The Labute approximate surface area is 118 Å². The fraction of sp³-hybridized carbons (Fsp3) is 0.938. The summed E-state index contributed by atoms with van der Waals surface area (Å²) in [4.78, 5) is 17.5. The van der Waals surface area contributed by atoms with Crippen molar-refractivity contribution in [2.24, 2.45) is 11.3 Å². The zero-order valence-electron chi connectivity index (χ0n) is 13.3. The Morgan fingerprint density at radius 2 is 1.79 bits per heavy atom. The van der Waals surface area contributed by atoms with Gasteiger partial charge in [-0.2, -0.15) is 0 Å². The van der Waals surface area contributed by atoms with E-state index in [4.69, 9.17) is 0 Å². The number of hydrogen-bond acceptors (Lipinski definition) is 3. The van der Waals surface area contributed by atoms with Crippen LogP contribution in [0.25, 0.3) is 0 Å². The van der Waals surface area contributed by atoms with Crippen molar-refractivity contribution in [1.29, 1.82) is 0 Å². The van der Waals surface area contributed by atoms with E-state index in [0.29, 0.717) is 17.9 Å². The first-order valence-electron chi connectivity index (χ1n) is 7.80. The highest BCUT2D eigenvalue weighted by Gasteiger charge is 2.38. The molecule has 1 saturated heterocycles. The Balaban J connectivity index is 1.96. The van der Waals surface area contributed by atoms with Crippen LogP contribution in [0.2, 0.25) is 0 Å². The van der Waals surface area contributed by atoms with Crippen molar-refractivity contribution in [2.75, 3.05) is 26.7 Å². The fourth-order valence-electron chi connectivity index (χ4n) is 3.75. The summed E-state index contributed by atoms with van der Waals surface area (Å²) in [5.41, 5.74) is -0.0905. The highest BCUT2D eigenvalue weighted by molar-refractivity contribution is 5.87. The van der Waals surface area contributed by atoms with Crippen LogP contribution in [0.5, 0.6) is 0 Å². The lowest BCUT2D eigenvalue weighted by Gasteiger charge is -2.44. The van der Waals surface area contributed by atoms with Crippen LogP contribution < -0.4 is 0 Å². The highest BCUT2D eigenvalue weighted by Crippen LogP contribution is 2.36. The Kier molecular flexibility index (Phi) is 4.36. The van der Waals surface area contributed by atoms with Gasteiger partial charge < -0.3 is 0 Å². The second-order valence-electron chi connectivity index (χ2n) is 7.42. The lowest BCUT2D eigenvalue weighted by molar-refractivity contribution is -0.135. The molecule has 0 aromatic carbocycles. The van der Waals surface area contributed by atoms with E-state index in [1.165, 1.54) is 6.42 Å². The Bertz CT molecular complexity index is 328. The monoisotopic (exact) mass is 266 g/mol. The Morgan fingerprint density at radius 3 is 2.37 bits per heavy atom. The molecule has 1 saturated carbocycles. The molecule has 2 aliphatic rings. The number of rotatable bonds is 2. The molecule has 3 heteroatoms. The van der Waals surface area contributed by atoms with Gasteiger partial charge in [-0.25, -0.2) is 0 Å². The van der Waals surface area contributed by atoms with Crippen LogP contribution in [-0.2, 0) is 4.79 Å². The van der Waals surface area contributed by atoms with Crippen LogP contribution in [0.15, 0.2) is 0 Å². The third kappa shape index (κ3) is 3.19. The normalized spacial score (nSPS) is 37.5. The smallest absolute Gasteiger partial charge is 0.142 e. The first-order chi connectivity index (χ1) is 8.81. The maximum absolute atomic E-state index is 12.5. The molecule has 1 aliphatic carbocycles. The molecule has 0 bridgehead atoms. The lowest BCUT2D eigenvalue weighted by Crippen LogP contribution is -2.56. The summed E-state index contributed by atoms with van der Waals surface area (Å²) in [6.45, 7) is 12.0. The van der Waals surface area contributed by atoms with Gasteiger partial charge in [0.1, 0.15) is 5.78 Å². The minimum absolute atomic E-state index is 0.0905. The van der Waals surface area contributed by atoms with E-state index in [0.717, 1.165) is 32.5 Å². The van der Waals surface area contributed by atoms with Crippen molar-refractivity contribution < 1.29 is 4.79 Å². The van der Waals surface area contributed by atoms with Crippen LogP contribution in [-0.4, -0.2) is 54.3 Å². The summed E-state index contributed by atoms with van der Waals surface area (Å²) in [5, 5.41) is 0.